The average molecular weight is 265 g/mol. The van der Waals surface area contributed by atoms with Crippen molar-refractivity contribution < 1.29 is 0 Å². The van der Waals surface area contributed by atoms with E-state index in [2.05, 4.69) is 41.1 Å². The van der Waals surface area contributed by atoms with Gasteiger partial charge in [0.25, 0.3) is 0 Å². The van der Waals surface area contributed by atoms with Gasteiger partial charge >= 0.3 is 0 Å². The Bertz CT molecular complexity index is 389. The quantitative estimate of drug-likeness (QED) is 0.789. The van der Waals surface area contributed by atoms with Crippen LogP contribution in [0.25, 0.3) is 0 Å². The molecular weight excluding hydrogens is 238 g/mol. The van der Waals surface area contributed by atoms with Crippen molar-refractivity contribution in [2.45, 2.75) is 40.2 Å². The van der Waals surface area contributed by atoms with Crippen molar-refractivity contribution in [2.24, 2.45) is 11.7 Å². The summed E-state index contributed by atoms with van der Waals surface area (Å²) in [4.78, 5) is 11.0. The molecule has 1 unspecified atom stereocenters. The zero-order valence-electron chi connectivity index (χ0n) is 12.8. The van der Waals surface area contributed by atoms with Crippen LogP contribution in [0.1, 0.15) is 33.0 Å². The molecule has 1 heterocycles. The van der Waals surface area contributed by atoms with Crippen molar-refractivity contribution in [3.05, 3.63) is 11.9 Å². The average Bonchev–Trinajstić information content (AvgIpc) is 2.32. The summed E-state index contributed by atoms with van der Waals surface area (Å²) in [6, 6.07) is 2.09. The van der Waals surface area contributed by atoms with Gasteiger partial charge in [-0.15, -0.1) is 0 Å². The Morgan fingerprint density at radius 2 is 2.00 bits per heavy atom. The second-order valence-corrected chi connectivity index (χ2v) is 5.62. The van der Waals surface area contributed by atoms with Gasteiger partial charge in [-0.2, -0.15) is 0 Å². The summed E-state index contributed by atoms with van der Waals surface area (Å²) in [5.41, 5.74) is 5.74. The minimum atomic E-state index is 0.109. The molecule has 0 aliphatic rings. The van der Waals surface area contributed by atoms with E-state index in [1.165, 1.54) is 0 Å². The maximum absolute atomic E-state index is 5.74. The van der Waals surface area contributed by atoms with E-state index in [0.717, 1.165) is 30.4 Å². The smallest absolute Gasteiger partial charge is 0.134 e. The van der Waals surface area contributed by atoms with Gasteiger partial charge in [-0.1, -0.05) is 13.8 Å². The molecule has 0 amide bonds. The fourth-order valence-corrected chi connectivity index (χ4v) is 1.67. The van der Waals surface area contributed by atoms with Crippen molar-refractivity contribution in [3.63, 3.8) is 0 Å². The van der Waals surface area contributed by atoms with Crippen LogP contribution in [0.3, 0.4) is 0 Å². The number of nitrogens with zero attached hydrogens (tertiary/aromatic N) is 3. The lowest BCUT2D eigenvalue weighted by atomic mass is 10.1. The molecule has 5 nitrogen and oxygen atoms in total. The maximum atomic E-state index is 5.74. The van der Waals surface area contributed by atoms with Gasteiger partial charge in [0.15, 0.2) is 0 Å². The van der Waals surface area contributed by atoms with Crippen LogP contribution < -0.4 is 16.0 Å². The first-order valence-corrected chi connectivity index (χ1v) is 6.94. The number of rotatable bonds is 7. The molecule has 1 atom stereocenters. The third-order valence-corrected chi connectivity index (χ3v) is 2.86. The molecule has 0 radical (unpaired) electrons. The number of nitrogens with two attached hydrogens (primary N) is 1. The van der Waals surface area contributed by atoms with Gasteiger partial charge in [0, 0.05) is 32.2 Å². The predicted octanol–water partition coefficient (Wildman–Crippen LogP) is 2.03. The number of hydrogen-bond donors (Lipinski definition) is 2. The summed E-state index contributed by atoms with van der Waals surface area (Å²) in [6.45, 7) is 10.1. The van der Waals surface area contributed by atoms with Crippen molar-refractivity contribution in [2.75, 3.05) is 30.4 Å². The molecule has 1 rings (SSSR count). The molecule has 108 valence electrons. The van der Waals surface area contributed by atoms with E-state index in [9.17, 15) is 0 Å². The lowest BCUT2D eigenvalue weighted by Crippen LogP contribution is -2.26. The summed E-state index contributed by atoms with van der Waals surface area (Å²) in [5, 5.41) is 3.24. The molecule has 1 aromatic heterocycles. The van der Waals surface area contributed by atoms with Crippen LogP contribution in [0.2, 0.25) is 0 Å². The van der Waals surface area contributed by atoms with E-state index < -0.39 is 0 Å². The summed E-state index contributed by atoms with van der Waals surface area (Å²) in [6.07, 6.45) is 1.15. The van der Waals surface area contributed by atoms with Gasteiger partial charge < -0.3 is 16.0 Å². The number of nitrogens with one attached hydrogen (secondary N) is 1. The van der Waals surface area contributed by atoms with Gasteiger partial charge in [-0.3, -0.25) is 0 Å². The number of hydrogen-bond acceptors (Lipinski definition) is 5. The molecule has 0 spiro atoms. The summed E-state index contributed by atoms with van der Waals surface area (Å²) in [5.74, 6) is 3.28. The lowest BCUT2D eigenvalue weighted by molar-refractivity contribution is 0.583. The molecule has 19 heavy (non-hydrogen) atoms. The fourth-order valence-electron chi connectivity index (χ4n) is 1.67. The van der Waals surface area contributed by atoms with Crippen LogP contribution in [0.4, 0.5) is 11.6 Å². The second-order valence-electron chi connectivity index (χ2n) is 5.62. The van der Waals surface area contributed by atoms with Crippen LogP contribution in [-0.2, 0) is 0 Å². The van der Waals surface area contributed by atoms with Gasteiger partial charge in [0.1, 0.15) is 17.5 Å². The zero-order valence-corrected chi connectivity index (χ0v) is 12.8. The van der Waals surface area contributed by atoms with E-state index in [-0.39, 0.29) is 6.04 Å². The minimum absolute atomic E-state index is 0.109. The first-order valence-electron chi connectivity index (χ1n) is 6.94. The Morgan fingerprint density at radius 1 is 1.32 bits per heavy atom. The highest BCUT2D eigenvalue weighted by atomic mass is 15.2. The van der Waals surface area contributed by atoms with Crippen LogP contribution in [0.5, 0.6) is 0 Å². The van der Waals surface area contributed by atoms with E-state index in [4.69, 9.17) is 5.73 Å². The first-order chi connectivity index (χ1) is 8.88. The lowest BCUT2D eigenvalue weighted by Gasteiger charge is -2.20. The van der Waals surface area contributed by atoms with E-state index in [1.807, 2.05) is 19.9 Å². The standard InChI is InChI=1S/C14H27N5/c1-10(2)6-7-19(5)14-8-13(16-9-11(3)15)17-12(4)18-14/h8,10-11H,6-7,9,15H2,1-5H3,(H,16,17,18). The number of anilines is 2. The first kappa shape index (κ1) is 15.7. The molecule has 1 aromatic rings. The van der Waals surface area contributed by atoms with Crippen LogP contribution in [0.15, 0.2) is 6.07 Å². The highest BCUT2D eigenvalue weighted by Gasteiger charge is 2.07. The molecule has 0 saturated carbocycles. The van der Waals surface area contributed by atoms with Gasteiger partial charge in [-0.25, -0.2) is 9.97 Å². The summed E-state index contributed by atoms with van der Waals surface area (Å²) in [7, 11) is 2.07. The Labute approximate surface area is 116 Å². The highest BCUT2D eigenvalue weighted by molar-refractivity contribution is 5.49. The Morgan fingerprint density at radius 3 is 2.58 bits per heavy atom. The number of aryl methyl sites for hydroxylation is 1. The van der Waals surface area contributed by atoms with Crippen molar-refractivity contribution >= 4 is 11.6 Å². The second kappa shape index (κ2) is 7.28. The van der Waals surface area contributed by atoms with E-state index >= 15 is 0 Å². The van der Waals surface area contributed by atoms with Gasteiger partial charge in [0.05, 0.1) is 0 Å². The largest absolute Gasteiger partial charge is 0.368 e. The molecule has 0 aliphatic carbocycles. The molecule has 3 N–H and O–H groups in total. The Hall–Kier alpha value is -1.36. The molecule has 0 fully saturated rings. The summed E-state index contributed by atoms with van der Waals surface area (Å²) < 4.78 is 0. The normalized spacial score (nSPS) is 12.6. The topological polar surface area (TPSA) is 67.1 Å². The minimum Gasteiger partial charge on any atom is -0.368 e. The SMILES string of the molecule is Cc1nc(NCC(C)N)cc(N(C)CCC(C)C)n1. The molecule has 0 aliphatic heterocycles. The van der Waals surface area contributed by atoms with Crippen LogP contribution in [-0.4, -0.2) is 36.1 Å². The summed E-state index contributed by atoms with van der Waals surface area (Å²) >= 11 is 0. The number of aromatic nitrogens is 2. The third kappa shape index (κ3) is 5.87. The maximum Gasteiger partial charge on any atom is 0.134 e. The monoisotopic (exact) mass is 265 g/mol. The molecular formula is C14H27N5. The third-order valence-electron chi connectivity index (χ3n) is 2.86. The van der Waals surface area contributed by atoms with E-state index in [0.29, 0.717) is 12.5 Å². The Kier molecular flexibility index (Phi) is 6.02. The van der Waals surface area contributed by atoms with Crippen LogP contribution in [0, 0.1) is 12.8 Å². The molecule has 0 bridgehead atoms. The van der Waals surface area contributed by atoms with Gasteiger partial charge in [0.2, 0.25) is 0 Å². The van der Waals surface area contributed by atoms with E-state index in [1.54, 1.807) is 0 Å². The zero-order chi connectivity index (χ0) is 14.4. The predicted molar refractivity (Wildman–Crippen MR) is 81.6 cm³/mol. The van der Waals surface area contributed by atoms with Gasteiger partial charge in [-0.05, 0) is 26.2 Å². The highest BCUT2D eigenvalue weighted by Crippen LogP contribution is 2.15. The van der Waals surface area contributed by atoms with Crippen LogP contribution >= 0.6 is 0 Å². The van der Waals surface area contributed by atoms with Crippen molar-refractivity contribution in [1.82, 2.24) is 9.97 Å². The molecule has 5 heteroatoms. The van der Waals surface area contributed by atoms with Crippen molar-refractivity contribution in [3.8, 4) is 0 Å². The molecule has 0 saturated heterocycles. The van der Waals surface area contributed by atoms with Crippen molar-refractivity contribution in [1.29, 1.82) is 0 Å². The fraction of sp³-hybridized carbons (Fsp3) is 0.714. The Balaban J connectivity index is 2.72. The molecule has 0 aromatic carbocycles.